The van der Waals surface area contributed by atoms with Crippen LogP contribution in [-0.2, 0) is 0 Å². The number of nitrogens with one attached hydrogen (secondary N) is 1. The van der Waals surface area contributed by atoms with Crippen LogP contribution >= 0.6 is 0 Å². The van der Waals surface area contributed by atoms with Gasteiger partial charge in [0.15, 0.2) is 0 Å². The maximum absolute atomic E-state index is 5.88. The Kier molecular flexibility index (Phi) is 4.19. The number of hydrogen-bond donors (Lipinski definition) is 1. The summed E-state index contributed by atoms with van der Waals surface area (Å²) >= 11 is 0. The van der Waals surface area contributed by atoms with Crippen LogP contribution in [0, 0.1) is 13.8 Å². The Hall–Kier alpha value is -2.62. The molecule has 0 saturated carbocycles. The summed E-state index contributed by atoms with van der Waals surface area (Å²) in [5.74, 6) is 1.69. The number of nitrogens with zero attached hydrogens (tertiary/aromatic N) is 2. The highest BCUT2D eigenvalue weighted by molar-refractivity contribution is 5.88. The van der Waals surface area contributed by atoms with E-state index in [1.165, 1.54) is 5.39 Å². The van der Waals surface area contributed by atoms with Crippen LogP contribution in [0.5, 0.6) is 5.75 Å². The molecule has 0 bridgehead atoms. The second-order valence-electron chi connectivity index (χ2n) is 5.25. The molecule has 4 nitrogen and oxygen atoms in total. The standard InChI is InChI=1S/C18H19N3O/c1-13-12-18(21-20-14(13)2)19-10-11-22-17-9-5-7-15-6-3-4-8-16(15)17/h3-9,12H,10-11H2,1-2H3,(H,19,21). The van der Waals surface area contributed by atoms with Gasteiger partial charge < -0.3 is 10.1 Å². The van der Waals surface area contributed by atoms with E-state index in [9.17, 15) is 0 Å². The number of ether oxygens (including phenoxy) is 1. The molecule has 4 heteroatoms. The van der Waals surface area contributed by atoms with Gasteiger partial charge in [-0.1, -0.05) is 36.4 Å². The monoisotopic (exact) mass is 293 g/mol. The van der Waals surface area contributed by atoms with Gasteiger partial charge >= 0.3 is 0 Å². The number of fused-ring (bicyclic) bond motifs is 1. The Morgan fingerprint density at radius 1 is 1.00 bits per heavy atom. The van der Waals surface area contributed by atoms with Gasteiger partial charge in [-0.15, -0.1) is 5.10 Å². The zero-order valence-corrected chi connectivity index (χ0v) is 12.8. The van der Waals surface area contributed by atoms with Crippen LogP contribution in [0.1, 0.15) is 11.3 Å². The molecule has 0 fully saturated rings. The van der Waals surface area contributed by atoms with Gasteiger partial charge in [0.05, 0.1) is 12.2 Å². The molecule has 0 aliphatic heterocycles. The van der Waals surface area contributed by atoms with Crippen LogP contribution in [-0.4, -0.2) is 23.3 Å². The van der Waals surface area contributed by atoms with Crippen molar-refractivity contribution >= 4 is 16.6 Å². The second kappa shape index (κ2) is 6.43. The summed E-state index contributed by atoms with van der Waals surface area (Å²) in [5.41, 5.74) is 2.09. The minimum Gasteiger partial charge on any atom is -0.491 e. The van der Waals surface area contributed by atoms with Gasteiger partial charge in [-0.05, 0) is 36.9 Å². The topological polar surface area (TPSA) is 47.0 Å². The summed E-state index contributed by atoms with van der Waals surface area (Å²) in [5, 5.41) is 13.8. The normalized spacial score (nSPS) is 10.6. The molecular weight excluding hydrogens is 274 g/mol. The fraction of sp³-hybridized carbons (Fsp3) is 0.222. The molecule has 0 amide bonds. The largest absolute Gasteiger partial charge is 0.491 e. The first kappa shape index (κ1) is 14.3. The van der Waals surface area contributed by atoms with E-state index >= 15 is 0 Å². The van der Waals surface area contributed by atoms with Crippen molar-refractivity contribution in [1.29, 1.82) is 0 Å². The highest BCUT2D eigenvalue weighted by atomic mass is 16.5. The van der Waals surface area contributed by atoms with E-state index in [0.717, 1.165) is 28.2 Å². The SMILES string of the molecule is Cc1cc(NCCOc2cccc3ccccc23)nnc1C. The van der Waals surface area contributed by atoms with Crippen molar-refractivity contribution in [2.75, 3.05) is 18.5 Å². The van der Waals surface area contributed by atoms with Crippen LogP contribution in [0.25, 0.3) is 10.8 Å². The molecule has 112 valence electrons. The fourth-order valence-corrected chi connectivity index (χ4v) is 2.29. The average Bonchev–Trinajstić information content (AvgIpc) is 2.55. The minimum absolute atomic E-state index is 0.572. The average molecular weight is 293 g/mol. The van der Waals surface area contributed by atoms with E-state index in [-0.39, 0.29) is 0 Å². The van der Waals surface area contributed by atoms with Crippen molar-refractivity contribution in [1.82, 2.24) is 10.2 Å². The van der Waals surface area contributed by atoms with Crippen molar-refractivity contribution in [2.45, 2.75) is 13.8 Å². The molecular formula is C18H19N3O. The Morgan fingerprint density at radius 2 is 1.82 bits per heavy atom. The third kappa shape index (κ3) is 3.17. The van der Waals surface area contributed by atoms with E-state index in [0.29, 0.717) is 13.2 Å². The first-order valence-electron chi connectivity index (χ1n) is 7.39. The molecule has 22 heavy (non-hydrogen) atoms. The highest BCUT2D eigenvalue weighted by Gasteiger charge is 2.02. The third-order valence-corrected chi connectivity index (χ3v) is 3.65. The van der Waals surface area contributed by atoms with Crippen LogP contribution < -0.4 is 10.1 Å². The molecule has 0 aliphatic rings. The van der Waals surface area contributed by atoms with Crippen LogP contribution in [0.4, 0.5) is 5.82 Å². The molecule has 2 aromatic carbocycles. The molecule has 0 aliphatic carbocycles. The zero-order chi connectivity index (χ0) is 15.4. The fourth-order valence-electron chi connectivity index (χ4n) is 2.29. The number of hydrogen-bond acceptors (Lipinski definition) is 4. The molecule has 1 heterocycles. The molecule has 0 radical (unpaired) electrons. The van der Waals surface area contributed by atoms with E-state index in [1.54, 1.807) is 0 Å². The van der Waals surface area contributed by atoms with E-state index in [2.05, 4.69) is 33.7 Å². The van der Waals surface area contributed by atoms with Gasteiger partial charge in [0, 0.05) is 5.39 Å². The molecule has 3 aromatic rings. The van der Waals surface area contributed by atoms with Crippen molar-refractivity contribution in [3.8, 4) is 5.75 Å². The van der Waals surface area contributed by atoms with Gasteiger partial charge in [-0.25, -0.2) is 0 Å². The Bertz CT molecular complexity index is 781. The maximum Gasteiger partial charge on any atom is 0.149 e. The highest BCUT2D eigenvalue weighted by Crippen LogP contribution is 2.24. The molecule has 1 aromatic heterocycles. The van der Waals surface area contributed by atoms with Gasteiger partial charge in [-0.2, -0.15) is 5.10 Å². The molecule has 0 saturated heterocycles. The molecule has 3 rings (SSSR count). The lowest BCUT2D eigenvalue weighted by atomic mass is 10.1. The molecule has 0 unspecified atom stereocenters. The lowest BCUT2D eigenvalue weighted by Gasteiger charge is -2.10. The zero-order valence-electron chi connectivity index (χ0n) is 12.8. The van der Waals surface area contributed by atoms with Crippen LogP contribution in [0.3, 0.4) is 0 Å². The van der Waals surface area contributed by atoms with Crippen LogP contribution in [0.2, 0.25) is 0 Å². The van der Waals surface area contributed by atoms with Crippen molar-refractivity contribution < 1.29 is 4.74 Å². The lowest BCUT2D eigenvalue weighted by molar-refractivity contribution is 0.336. The number of aromatic nitrogens is 2. The molecule has 0 spiro atoms. The number of anilines is 1. The summed E-state index contributed by atoms with van der Waals surface area (Å²) < 4.78 is 5.88. The first-order valence-corrected chi connectivity index (χ1v) is 7.39. The van der Waals surface area contributed by atoms with Crippen LogP contribution in [0.15, 0.2) is 48.5 Å². The maximum atomic E-state index is 5.88. The minimum atomic E-state index is 0.572. The second-order valence-corrected chi connectivity index (χ2v) is 5.25. The predicted octanol–water partition coefficient (Wildman–Crippen LogP) is 3.74. The van der Waals surface area contributed by atoms with Gasteiger partial charge in [0.2, 0.25) is 0 Å². The quantitative estimate of drug-likeness (QED) is 0.728. The van der Waals surface area contributed by atoms with Gasteiger partial charge in [0.25, 0.3) is 0 Å². The number of rotatable bonds is 5. The molecule has 0 atom stereocenters. The molecule has 1 N–H and O–H groups in total. The smallest absolute Gasteiger partial charge is 0.149 e. The number of benzene rings is 2. The Balaban J connectivity index is 1.59. The third-order valence-electron chi connectivity index (χ3n) is 3.65. The summed E-state index contributed by atoms with van der Waals surface area (Å²) in [6, 6.07) is 16.3. The predicted molar refractivity (Wildman–Crippen MR) is 89.4 cm³/mol. The van der Waals surface area contributed by atoms with Gasteiger partial charge in [0.1, 0.15) is 18.2 Å². The lowest BCUT2D eigenvalue weighted by Crippen LogP contribution is -2.13. The van der Waals surface area contributed by atoms with Crippen molar-refractivity contribution in [2.24, 2.45) is 0 Å². The van der Waals surface area contributed by atoms with Crippen molar-refractivity contribution in [3.63, 3.8) is 0 Å². The number of aryl methyl sites for hydroxylation is 2. The summed E-state index contributed by atoms with van der Waals surface area (Å²) in [6.45, 7) is 5.24. The van der Waals surface area contributed by atoms with E-state index in [4.69, 9.17) is 4.74 Å². The van der Waals surface area contributed by atoms with Gasteiger partial charge in [-0.3, -0.25) is 0 Å². The van der Waals surface area contributed by atoms with E-state index in [1.807, 2.05) is 44.2 Å². The summed E-state index contributed by atoms with van der Waals surface area (Å²) in [4.78, 5) is 0. The Morgan fingerprint density at radius 3 is 2.68 bits per heavy atom. The first-order chi connectivity index (χ1) is 10.7. The summed E-state index contributed by atoms with van der Waals surface area (Å²) in [7, 11) is 0. The summed E-state index contributed by atoms with van der Waals surface area (Å²) in [6.07, 6.45) is 0. The van der Waals surface area contributed by atoms with E-state index < -0.39 is 0 Å². The van der Waals surface area contributed by atoms with Crippen molar-refractivity contribution in [3.05, 3.63) is 59.8 Å². The Labute approximate surface area is 130 Å².